The Balaban J connectivity index is 1.68. The third-order valence-corrected chi connectivity index (χ3v) is 10.2. The first-order chi connectivity index (χ1) is 20.7. The van der Waals surface area contributed by atoms with E-state index in [2.05, 4.69) is 48.9 Å². The molecule has 1 aliphatic rings. The van der Waals surface area contributed by atoms with Crippen LogP contribution in [0, 0.1) is 48.8 Å². The third kappa shape index (κ3) is 10.5. The van der Waals surface area contributed by atoms with Gasteiger partial charge in [0.2, 0.25) is 0 Å². The molecule has 0 spiro atoms. The lowest BCUT2D eigenvalue weighted by Gasteiger charge is -2.34. The van der Waals surface area contributed by atoms with Gasteiger partial charge < -0.3 is 10.3 Å². The van der Waals surface area contributed by atoms with E-state index >= 15 is 0 Å². The van der Waals surface area contributed by atoms with Gasteiger partial charge in [0.25, 0.3) is 0 Å². The number of aryl methyl sites for hydroxylation is 1. The number of nitrogens with zero attached hydrogens (tertiary/aromatic N) is 2. The van der Waals surface area contributed by atoms with Gasteiger partial charge in [0.1, 0.15) is 11.6 Å². The Hall–Kier alpha value is -2.66. The number of carbonyl (C=O) groups excluding carboxylic acids is 2. The number of piperidine rings is 1. The van der Waals surface area contributed by atoms with Gasteiger partial charge in [0.05, 0.1) is 0 Å². The molecule has 0 radical (unpaired) electrons. The van der Waals surface area contributed by atoms with Crippen LogP contribution in [0.1, 0.15) is 107 Å². The minimum Gasteiger partial charge on any atom is -0.308 e. The summed E-state index contributed by atoms with van der Waals surface area (Å²) in [5, 5.41) is 7.79. The van der Waals surface area contributed by atoms with Crippen LogP contribution < -0.4 is 0 Å². The second kappa shape index (κ2) is 17.6. The summed E-state index contributed by atoms with van der Waals surface area (Å²) in [4.78, 5) is 34.5. The van der Waals surface area contributed by atoms with Crippen molar-refractivity contribution in [2.45, 2.75) is 106 Å². The van der Waals surface area contributed by atoms with E-state index in [1.165, 1.54) is 18.2 Å². The summed E-state index contributed by atoms with van der Waals surface area (Å²) in [6.45, 7) is 15.9. The van der Waals surface area contributed by atoms with Crippen molar-refractivity contribution in [3.05, 3.63) is 64.5 Å². The summed E-state index contributed by atoms with van der Waals surface area (Å²) in [6, 6.07) is 8.41. The summed E-state index contributed by atoms with van der Waals surface area (Å²) < 4.78 is 0. The van der Waals surface area contributed by atoms with Gasteiger partial charge in [-0.15, -0.1) is 0 Å². The number of rotatable bonds is 18. The van der Waals surface area contributed by atoms with Crippen LogP contribution in [0.2, 0.25) is 0 Å². The number of hydrogen-bond donors (Lipinski definition) is 1. The van der Waals surface area contributed by atoms with Crippen molar-refractivity contribution in [3.8, 4) is 0 Å². The fourth-order valence-corrected chi connectivity index (χ4v) is 7.20. The number of carbonyl (C=O) groups is 2. The molecule has 0 aliphatic carbocycles. The number of likely N-dealkylation sites (tertiary alicyclic amines) is 1. The normalized spacial score (nSPS) is 17.3. The maximum absolute atomic E-state index is 13.9. The molecule has 43 heavy (non-hydrogen) atoms. The molecule has 5 nitrogen and oxygen atoms in total. The highest BCUT2D eigenvalue weighted by Gasteiger charge is 2.34. The van der Waals surface area contributed by atoms with Gasteiger partial charge in [-0.1, -0.05) is 46.6 Å². The first kappa shape index (κ1) is 34.8. The fourth-order valence-electron chi connectivity index (χ4n) is 7.20. The largest absolute Gasteiger partial charge is 0.308 e. The molecule has 236 valence electrons. The topological polar surface area (TPSA) is 74.1 Å². The maximum atomic E-state index is 13.9. The lowest BCUT2D eigenvalue weighted by atomic mass is 9.74. The maximum Gasteiger partial charge on any atom is 0.139 e. The van der Waals surface area contributed by atoms with Crippen LogP contribution in [-0.2, 0) is 22.4 Å². The Morgan fingerprint density at radius 3 is 2.35 bits per heavy atom. The monoisotopic (exact) mass is 587 g/mol. The quantitative estimate of drug-likeness (QED) is 0.178. The summed E-state index contributed by atoms with van der Waals surface area (Å²) in [6.07, 6.45) is 14.7. The predicted molar refractivity (Wildman–Crippen MR) is 179 cm³/mol. The van der Waals surface area contributed by atoms with Gasteiger partial charge in [-0.25, -0.2) is 0 Å². The average Bonchev–Trinajstić information content (AvgIpc) is 3.01. The lowest BCUT2D eigenvalue weighted by Crippen LogP contribution is -2.37. The molecular formula is C38H57N3O2. The smallest absolute Gasteiger partial charge is 0.139 e. The van der Waals surface area contributed by atoms with Crippen LogP contribution in [-0.4, -0.2) is 47.3 Å². The molecule has 1 aromatic carbocycles. The van der Waals surface area contributed by atoms with E-state index in [-0.39, 0.29) is 23.5 Å². The number of aromatic nitrogens is 1. The summed E-state index contributed by atoms with van der Waals surface area (Å²) in [5.41, 5.74) is 5.61. The lowest BCUT2D eigenvalue weighted by molar-refractivity contribution is -0.134. The van der Waals surface area contributed by atoms with E-state index in [4.69, 9.17) is 5.41 Å². The molecular weight excluding hydrogens is 530 g/mol. The predicted octanol–water partition coefficient (Wildman–Crippen LogP) is 8.22. The number of pyridine rings is 1. The average molecular weight is 588 g/mol. The van der Waals surface area contributed by atoms with Crippen LogP contribution >= 0.6 is 0 Å². The van der Waals surface area contributed by atoms with Gasteiger partial charge in [-0.2, -0.15) is 0 Å². The molecule has 2 unspecified atom stereocenters. The summed E-state index contributed by atoms with van der Waals surface area (Å²) >= 11 is 0. The SMILES string of the molecule is CCCC(CCCC(=O)[C@H](CC1CCN(CC)CC1)C(C)C(=O)[C@H](C)Cc1cc(C)c(C)c(C=N)c1)Cc1ccncc1. The second-order valence-electron chi connectivity index (χ2n) is 13.4. The van der Waals surface area contributed by atoms with E-state index in [0.717, 1.165) is 86.8 Å². The first-order valence-corrected chi connectivity index (χ1v) is 16.9. The van der Waals surface area contributed by atoms with Gasteiger partial charge in [-0.3, -0.25) is 14.6 Å². The van der Waals surface area contributed by atoms with E-state index in [1.807, 2.05) is 39.2 Å². The van der Waals surface area contributed by atoms with Crippen molar-refractivity contribution >= 4 is 17.8 Å². The van der Waals surface area contributed by atoms with Crippen molar-refractivity contribution in [2.75, 3.05) is 19.6 Å². The highest BCUT2D eigenvalue weighted by Crippen LogP contribution is 2.33. The molecule has 4 atom stereocenters. The molecule has 3 rings (SSSR count). The number of ketones is 2. The molecule has 1 saturated heterocycles. The van der Waals surface area contributed by atoms with Gasteiger partial charge in [-0.05, 0) is 136 Å². The van der Waals surface area contributed by atoms with Crippen molar-refractivity contribution < 1.29 is 9.59 Å². The van der Waals surface area contributed by atoms with Crippen LogP contribution in [0.5, 0.6) is 0 Å². The van der Waals surface area contributed by atoms with Gasteiger partial charge in [0, 0.05) is 42.8 Å². The molecule has 1 aliphatic heterocycles. The Bertz CT molecular complexity index is 1170. The molecule has 1 fully saturated rings. The highest BCUT2D eigenvalue weighted by molar-refractivity contribution is 5.90. The highest BCUT2D eigenvalue weighted by atomic mass is 16.1. The van der Waals surface area contributed by atoms with Crippen LogP contribution in [0.15, 0.2) is 36.7 Å². The third-order valence-electron chi connectivity index (χ3n) is 10.2. The van der Waals surface area contributed by atoms with Crippen LogP contribution in [0.3, 0.4) is 0 Å². The standard InChI is InChI=1S/C38H57N3O2/c1-7-10-31(23-32-13-17-40-18-14-32)11-9-12-37(42)36(25-33-15-19-41(8-2)20-16-33)30(6)38(43)28(4)22-34-21-27(3)29(5)35(24-34)26-39/h13-14,17-18,21,24,26,28,30-31,33,36,39H,7-12,15-16,19-20,22-23,25H2,1-6H3/t28-,30?,31?,36-/m1/s1. The molecule has 2 aromatic rings. The van der Waals surface area contributed by atoms with Crippen molar-refractivity contribution in [2.24, 2.45) is 29.6 Å². The Kier molecular flexibility index (Phi) is 14.2. The Morgan fingerprint density at radius 2 is 1.72 bits per heavy atom. The number of benzene rings is 1. The second-order valence-corrected chi connectivity index (χ2v) is 13.4. The Morgan fingerprint density at radius 1 is 1.02 bits per heavy atom. The summed E-state index contributed by atoms with van der Waals surface area (Å²) in [7, 11) is 0. The van der Waals surface area contributed by atoms with Crippen LogP contribution in [0.25, 0.3) is 0 Å². The van der Waals surface area contributed by atoms with Gasteiger partial charge in [0.15, 0.2) is 0 Å². The molecule has 1 aromatic heterocycles. The van der Waals surface area contributed by atoms with E-state index in [0.29, 0.717) is 30.5 Å². The zero-order valence-corrected chi connectivity index (χ0v) is 27.8. The number of hydrogen-bond acceptors (Lipinski definition) is 5. The zero-order valence-electron chi connectivity index (χ0n) is 27.8. The first-order valence-electron chi connectivity index (χ1n) is 16.9. The molecule has 1 N–H and O–H groups in total. The number of Topliss-reactive ketones (excluding diaryl/α,β-unsaturated/α-hetero) is 2. The van der Waals surface area contributed by atoms with Crippen molar-refractivity contribution in [3.63, 3.8) is 0 Å². The molecule has 0 saturated carbocycles. The fraction of sp³-hybridized carbons (Fsp3) is 0.632. The molecule has 0 bridgehead atoms. The molecule has 2 heterocycles. The van der Waals surface area contributed by atoms with Crippen molar-refractivity contribution in [1.29, 1.82) is 5.41 Å². The van der Waals surface area contributed by atoms with Gasteiger partial charge >= 0.3 is 0 Å². The Labute approximate surface area is 261 Å². The van der Waals surface area contributed by atoms with E-state index < -0.39 is 0 Å². The zero-order chi connectivity index (χ0) is 31.4. The van der Waals surface area contributed by atoms with Crippen LogP contribution in [0.4, 0.5) is 0 Å². The number of nitrogens with one attached hydrogen (secondary N) is 1. The van der Waals surface area contributed by atoms with E-state index in [1.54, 1.807) is 0 Å². The molecule has 0 amide bonds. The minimum atomic E-state index is -0.274. The van der Waals surface area contributed by atoms with E-state index in [9.17, 15) is 9.59 Å². The summed E-state index contributed by atoms with van der Waals surface area (Å²) in [5.74, 6) is 0.945. The van der Waals surface area contributed by atoms with Crippen molar-refractivity contribution in [1.82, 2.24) is 9.88 Å². The molecule has 5 heteroatoms. The minimum absolute atomic E-state index is 0.165.